The van der Waals surface area contributed by atoms with Crippen molar-refractivity contribution in [2.45, 2.75) is 6.42 Å². The molecule has 14 heavy (non-hydrogen) atoms. The Morgan fingerprint density at radius 3 is 2.93 bits per heavy atom. The van der Waals surface area contributed by atoms with Gasteiger partial charge in [0.05, 0.1) is 18.2 Å². The maximum atomic E-state index is 8.65. The minimum absolute atomic E-state index is 0.355. The molecule has 2 aromatic rings. The van der Waals surface area contributed by atoms with Crippen LogP contribution in [-0.2, 0) is 6.42 Å². The lowest BCUT2D eigenvalue weighted by molar-refractivity contribution is 1.14. The van der Waals surface area contributed by atoms with E-state index in [4.69, 9.17) is 5.26 Å². The highest BCUT2D eigenvalue weighted by atomic mass is 79.9. The zero-order valence-electron chi connectivity index (χ0n) is 7.37. The van der Waals surface area contributed by atoms with Crippen molar-refractivity contribution in [2.24, 2.45) is 0 Å². The normalized spacial score (nSPS) is 10.0. The van der Waals surface area contributed by atoms with Gasteiger partial charge in [-0.05, 0) is 17.5 Å². The van der Waals surface area contributed by atoms with Crippen molar-refractivity contribution in [1.29, 1.82) is 5.26 Å². The van der Waals surface area contributed by atoms with Gasteiger partial charge in [0, 0.05) is 16.1 Å². The molecule has 0 atom stereocenters. The molecule has 1 aromatic carbocycles. The fraction of sp³-hybridized carbons (Fsp3) is 0.0909. The van der Waals surface area contributed by atoms with Gasteiger partial charge in [-0.25, -0.2) is 0 Å². The van der Waals surface area contributed by atoms with Crippen LogP contribution in [0.15, 0.2) is 34.9 Å². The molecule has 0 saturated heterocycles. The molecule has 0 aliphatic carbocycles. The third kappa shape index (κ3) is 1.49. The van der Waals surface area contributed by atoms with E-state index in [1.165, 1.54) is 0 Å². The number of rotatable bonds is 1. The van der Waals surface area contributed by atoms with Crippen LogP contribution >= 0.6 is 15.9 Å². The van der Waals surface area contributed by atoms with E-state index in [1.807, 2.05) is 24.3 Å². The molecule has 0 saturated carbocycles. The zero-order valence-corrected chi connectivity index (χ0v) is 8.95. The Labute approximate surface area is 90.3 Å². The van der Waals surface area contributed by atoms with Crippen LogP contribution in [0.1, 0.15) is 5.69 Å². The lowest BCUT2D eigenvalue weighted by Gasteiger charge is -2.03. The number of hydrogen-bond acceptors (Lipinski definition) is 2. The van der Waals surface area contributed by atoms with Gasteiger partial charge in [-0.3, -0.25) is 4.98 Å². The maximum absolute atomic E-state index is 8.65. The topological polar surface area (TPSA) is 36.7 Å². The zero-order chi connectivity index (χ0) is 9.97. The molecule has 0 aliphatic heterocycles. The molecule has 2 nitrogen and oxygen atoms in total. The Morgan fingerprint density at radius 2 is 2.14 bits per heavy atom. The Morgan fingerprint density at radius 1 is 1.29 bits per heavy atom. The van der Waals surface area contributed by atoms with Crippen LogP contribution in [0.5, 0.6) is 0 Å². The van der Waals surface area contributed by atoms with Crippen LogP contribution in [0.25, 0.3) is 10.8 Å². The van der Waals surface area contributed by atoms with Crippen molar-refractivity contribution in [2.75, 3.05) is 0 Å². The van der Waals surface area contributed by atoms with E-state index < -0.39 is 0 Å². The average Bonchev–Trinajstić information content (AvgIpc) is 2.20. The quantitative estimate of drug-likeness (QED) is 0.776. The molecule has 3 heteroatoms. The summed E-state index contributed by atoms with van der Waals surface area (Å²) in [7, 11) is 0. The van der Waals surface area contributed by atoms with Crippen molar-refractivity contribution in [1.82, 2.24) is 4.98 Å². The molecule has 0 fully saturated rings. The van der Waals surface area contributed by atoms with Crippen LogP contribution in [-0.4, -0.2) is 4.98 Å². The third-order valence-electron chi connectivity index (χ3n) is 2.08. The number of aromatic nitrogens is 1. The highest BCUT2D eigenvalue weighted by Gasteiger charge is 2.03. The first kappa shape index (κ1) is 9.17. The second-order valence-corrected chi connectivity index (χ2v) is 3.78. The van der Waals surface area contributed by atoms with E-state index in [2.05, 4.69) is 27.0 Å². The number of pyridine rings is 1. The molecule has 1 aromatic heterocycles. The van der Waals surface area contributed by atoms with Crippen LogP contribution in [0, 0.1) is 11.3 Å². The molecule has 0 N–H and O–H groups in total. The molecular weight excluding hydrogens is 240 g/mol. The maximum Gasteiger partial charge on any atom is 0.0781 e. The summed E-state index contributed by atoms with van der Waals surface area (Å²) in [6, 6.07) is 9.99. The van der Waals surface area contributed by atoms with E-state index >= 15 is 0 Å². The predicted molar refractivity (Wildman–Crippen MR) is 58.8 cm³/mol. The highest BCUT2D eigenvalue weighted by Crippen LogP contribution is 2.25. The minimum Gasteiger partial charge on any atom is -0.260 e. The highest BCUT2D eigenvalue weighted by molar-refractivity contribution is 9.10. The number of hydrogen-bond donors (Lipinski definition) is 0. The SMILES string of the molecule is N#CCc1nccc2c(Br)cccc12. The van der Waals surface area contributed by atoms with Gasteiger partial charge in [0.25, 0.3) is 0 Å². The van der Waals surface area contributed by atoms with Crippen molar-refractivity contribution >= 4 is 26.7 Å². The Bertz CT molecular complexity index is 514. The number of benzene rings is 1. The van der Waals surface area contributed by atoms with Crippen LogP contribution in [0.3, 0.4) is 0 Å². The summed E-state index contributed by atoms with van der Waals surface area (Å²) in [6.45, 7) is 0. The Hall–Kier alpha value is -1.40. The summed E-state index contributed by atoms with van der Waals surface area (Å²) >= 11 is 3.47. The standard InChI is InChI=1S/C11H7BrN2/c12-10-3-1-2-9-8(10)5-7-14-11(9)4-6-13/h1-3,5,7H,4H2. The van der Waals surface area contributed by atoms with E-state index in [-0.39, 0.29) is 0 Å². The van der Waals surface area contributed by atoms with E-state index in [9.17, 15) is 0 Å². The van der Waals surface area contributed by atoms with Crippen molar-refractivity contribution in [3.63, 3.8) is 0 Å². The molecule has 0 bridgehead atoms. The Kier molecular flexibility index (Phi) is 2.47. The fourth-order valence-corrected chi connectivity index (χ4v) is 1.94. The Balaban J connectivity index is 2.76. The van der Waals surface area contributed by atoms with E-state index in [0.29, 0.717) is 6.42 Å². The molecule has 0 amide bonds. The number of nitrogens with zero attached hydrogens (tertiary/aromatic N) is 2. The summed E-state index contributed by atoms with van der Waals surface area (Å²) in [4.78, 5) is 4.19. The van der Waals surface area contributed by atoms with Gasteiger partial charge in [-0.15, -0.1) is 0 Å². The first-order valence-electron chi connectivity index (χ1n) is 4.22. The van der Waals surface area contributed by atoms with Crippen molar-refractivity contribution in [3.8, 4) is 6.07 Å². The number of fused-ring (bicyclic) bond motifs is 1. The van der Waals surface area contributed by atoms with Gasteiger partial charge in [0.1, 0.15) is 0 Å². The van der Waals surface area contributed by atoms with Gasteiger partial charge < -0.3 is 0 Å². The summed E-state index contributed by atoms with van der Waals surface area (Å²) < 4.78 is 1.04. The van der Waals surface area contributed by atoms with Crippen LogP contribution < -0.4 is 0 Å². The summed E-state index contributed by atoms with van der Waals surface area (Å²) in [5.74, 6) is 0. The first-order valence-corrected chi connectivity index (χ1v) is 5.01. The fourth-order valence-electron chi connectivity index (χ4n) is 1.45. The van der Waals surface area contributed by atoms with E-state index in [1.54, 1.807) is 6.20 Å². The van der Waals surface area contributed by atoms with Crippen LogP contribution in [0.4, 0.5) is 0 Å². The van der Waals surface area contributed by atoms with Gasteiger partial charge >= 0.3 is 0 Å². The molecule has 0 unspecified atom stereocenters. The van der Waals surface area contributed by atoms with Gasteiger partial charge in [-0.1, -0.05) is 28.1 Å². The van der Waals surface area contributed by atoms with Gasteiger partial charge in [0.15, 0.2) is 0 Å². The second kappa shape index (κ2) is 3.77. The molecule has 68 valence electrons. The third-order valence-corrected chi connectivity index (χ3v) is 2.77. The monoisotopic (exact) mass is 246 g/mol. The minimum atomic E-state index is 0.355. The van der Waals surface area contributed by atoms with Crippen LogP contribution in [0.2, 0.25) is 0 Å². The van der Waals surface area contributed by atoms with Crippen molar-refractivity contribution in [3.05, 3.63) is 40.6 Å². The molecule has 1 heterocycles. The average molecular weight is 247 g/mol. The summed E-state index contributed by atoms with van der Waals surface area (Å²) in [5.41, 5.74) is 0.839. The van der Waals surface area contributed by atoms with E-state index in [0.717, 1.165) is 20.9 Å². The van der Waals surface area contributed by atoms with Gasteiger partial charge in [-0.2, -0.15) is 5.26 Å². The van der Waals surface area contributed by atoms with Gasteiger partial charge in [0.2, 0.25) is 0 Å². The first-order chi connectivity index (χ1) is 6.83. The molecule has 0 aliphatic rings. The molecule has 2 rings (SSSR count). The smallest absolute Gasteiger partial charge is 0.0781 e. The molecular formula is C11H7BrN2. The predicted octanol–water partition coefficient (Wildman–Crippen LogP) is 3.06. The summed E-state index contributed by atoms with van der Waals surface area (Å²) in [5, 5.41) is 10.8. The number of halogens is 1. The lowest BCUT2D eigenvalue weighted by Crippen LogP contribution is -1.89. The molecule has 0 radical (unpaired) electrons. The largest absolute Gasteiger partial charge is 0.260 e. The molecule has 0 spiro atoms. The lowest BCUT2D eigenvalue weighted by atomic mass is 10.1. The summed E-state index contributed by atoms with van der Waals surface area (Å²) in [6.07, 6.45) is 2.09. The number of nitriles is 1. The van der Waals surface area contributed by atoms with Crippen molar-refractivity contribution < 1.29 is 0 Å². The second-order valence-electron chi connectivity index (χ2n) is 2.93.